The molecule has 0 spiro atoms. The van der Waals surface area contributed by atoms with Crippen LogP contribution in [-0.4, -0.2) is 7.05 Å². The van der Waals surface area contributed by atoms with Gasteiger partial charge in [-0.25, -0.2) is 4.39 Å². The first kappa shape index (κ1) is 13.4. The number of benzene rings is 2. The van der Waals surface area contributed by atoms with Gasteiger partial charge in [-0.05, 0) is 35.9 Å². The molecule has 0 aliphatic carbocycles. The van der Waals surface area contributed by atoms with Crippen molar-refractivity contribution in [3.05, 3.63) is 59.4 Å². The van der Waals surface area contributed by atoms with Gasteiger partial charge in [-0.1, -0.05) is 12.1 Å². The lowest BCUT2D eigenvalue weighted by Crippen LogP contribution is -2.13. The van der Waals surface area contributed by atoms with Crippen molar-refractivity contribution in [1.82, 2.24) is 0 Å². The van der Waals surface area contributed by atoms with Gasteiger partial charge in [-0.15, -0.1) is 11.6 Å². The lowest BCUT2D eigenvalue weighted by Gasteiger charge is -2.23. The number of halogens is 2. The molecule has 4 heteroatoms. The van der Waals surface area contributed by atoms with Gasteiger partial charge in [-0.3, -0.25) is 0 Å². The minimum absolute atomic E-state index is 0.214. The zero-order valence-corrected chi connectivity index (χ0v) is 11.2. The number of alkyl halides is 1. The topological polar surface area (TPSA) is 27.0 Å². The van der Waals surface area contributed by atoms with Crippen LogP contribution in [0.25, 0.3) is 0 Å². The van der Waals surface area contributed by atoms with Crippen molar-refractivity contribution >= 4 is 23.0 Å². The van der Waals surface area contributed by atoms with Gasteiger partial charge in [0.15, 0.2) is 0 Å². The maximum Gasteiger partial charge on any atom is 0.123 e. The Bertz CT molecular complexity index is 634. The summed E-state index contributed by atoms with van der Waals surface area (Å²) >= 11 is 5.85. The van der Waals surface area contributed by atoms with Gasteiger partial charge < -0.3 is 4.90 Å². The van der Waals surface area contributed by atoms with Crippen LogP contribution in [0.5, 0.6) is 0 Å². The van der Waals surface area contributed by atoms with E-state index in [9.17, 15) is 4.39 Å². The summed E-state index contributed by atoms with van der Waals surface area (Å²) in [7, 11) is 1.83. The van der Waals surface area contributed by atoms with Crippen LogP contribution in [0.3, 0.4) is 0 Å². The molecule has 0 bridgehead atoms. The Kier molecular flexibility index (Phi) is 4.03. The summed E-state index contributed by atoms with van der Waals surface area (Å²) in [6.07, 6.45) is 0. The zero-order valence-electron chi connectivity index (χ0n) is 10.4. The van der Waals surface area contributed by atoms with Gasteiger partial charge in [0, 0.05) is 18.6 Å². The standard InChI is InChI=1S/C15H12ClFN2/c1-19(14-5-3-2-4-11(14)10-18)15-7-6-13(17)8-12(15)9-16/h2-8H,9H2,1H3. The molecule has 0 aliphatic heterocycles. The summed E-state index contributed by atoms with van der Waals surface area (Å²) in [4.78, 5) is 1.84. The molecule has 0 fully saturated rings. The molecule has 0 unspecified atom stereocenters. The minimum Gasteiger partial charge on any atom is -0.343 e. The lowest BCUT2D eigenvalue weighted by atomic mass is 10.1. The first-order valence-electron chi connectivity index (χ1n) is 5.74. The maximum absolute atomic E-state index is 13.2. The monoisotopic (exact) mass is 274 g/mol. The van der Waals surface area contributed by atoms with Gasteiger partial charge in [0.1, 0.15) is 11.9 Å². The Balaban J connectivity index is 2.50. The van der Waals surface area contributed by atoms with Crippen LogP contribution in [0.1, 0.15) is 11.1 Å². The smallest absolute Gasteiger partial charge is 0.123 e. The van der Waals surface area contributed by atoms with Crippen molar-refractivity contribution < 1.29 is 4.39 Å². The van der Waals surface area contributed by atoms with E-state index in [1.165, 1.54) is 12.1 Å². The molecule has 2 nitrogen and oxygen atoms in total. The Morgan fingerprint density at radius 1 is 1.21 bits per heavy atom. The van der Waals surface area contributed by atoms with Crippen LogP contribution in [0, 0.1) is 17.1 Å². The average Bonchev–Trinajstić information content (AvgIpc) is 2.46. The second-order valence-electron chi connectivity index (χ2n) is 4.09. The SMILES string of the molecule is CN(c1ccccc1C#N)c1ccc(F)cc1CCl. The van der Waals surface area contributed by atoms with E-state index >= 15 is 0 Å². The van der Waals surface area contributed by atoms with Crippen LogP contribution in [0.4, 0.5) is 15.8 Å². The number of hydrogen-bond acceptors (Lipinski definition) is 2. The van der Waals surface area contributed by atoms with Crippen molar-refractivity contribution in [3.63, 3.8) is 0 Å². The summed E-state index contributed by atoms with van der Waals surface area (Å²) in [6, 6.07) is 13.9. The molecule has 2 aromatic carbocycles. The predicted molar refractivity (Wildman–Crippen MR) is 75.2 cm³/mol. The third-order valence-electron chi connectivity index (χ3n) is 2.93. The van der Waals surface area contributed by atoms with Crippen molar-refractivity contribution in [2.24, 2.45) is 0 Å². The number of hydrogen-bond donors (Lipinski definition) is 0. The van der Waals surface area contributed by atoms with Gasteiger partial charge in [-0.2, -0.15) is 5.26 Å². The van der Waals surface area contributed by atoms with Crippen molar-refractivity contribution in [3.8, 4) is 6.07 Å². The van der Waals surface area contributed by atoms with Gasteiger partial charge in [0.05, 0.1) is 11.3 Å². The molecule has 0 N–H and O–H groups in total. The fourth-order valence-corrected chi connectivity index (χ4v) is 2.19. The van der Waals surface area contributed by atoms with E-state index in [0.29, 0.717) is 11.1 Å². The molecule has 0 saturated heterocycles. The molecular weight excluding hydrogens is 263 g/mol. The zero-order chi connectivity index (χ0) is 13.8. The Morgan fingerprint density at radius 3 is 2.63 bits per heavy atom. The van der Waals surface area contributed by atoms with Crippen LogP contribution in [0.2, 0.25) is 0 Å². The van der Waals surface area contributed by atoms with Gasteiger partial charge >= 0.3 is 0 Å². The van der Waals surface area contributed by atoms with Crippen molar-refractivity contribution in [2.45, 2.75) is 5.88 Å². The minimum atomic E-state index is -0.318. The van der Waals surface area contributed by atoms with E-state index in [4.69, 9.17) is 16.9 Å². The Hall–Kier alpha value is -2.05. The largest absolute Gasteiger partial charge is 0.343 e. The summed E-state index contributed by atoms with van der Waals surface area (Å²) in [5.41, 5.74) is 2.81. The average molecular weight is 275 g/mol. The highest BCUT2D eigenvalue weighted by Crippen LogP contribution is 2.30. The normalized spacial score (nSPS) is 10.0. The molecule has 0 atom stereocenters. The third kappa shape index (κ3) is 2.69. The number of nitrogens with zero attached hydrogens (tertiary/aromatic N) is 2. The molecule has 0 saturated carbocycles. The summed E-state index contributed by atoms with van der Waals surface area (Å²) < 4.78 is 13.2. The van der Waals surface area contributed by atoms with E-state index in [1.54, 1.807) is 12.1 Å². The number of anilines is 2. The van der Waals surface area contributed by atoms with Gasteiger partial charge in [0.25, 0.3) is 0 Å². The number of para-hydroxylation sites is 1. The highest BCUT2D eigenvalue weighted by molar-refractivity contribution is 6.17. The lowest BCUT2D eigenvalue weighted by molar-refractivity contribution is 0.626. The highest BCUT2D eigenvalue weighted by Gasteiger charge is 2.12. The molecule has 0 aliphatic rings. The summed E-state index contributed by atoms with van der Waals surface area (Å²) in [5.74, 6) is -0.104. The predicted octanol–water partition coefficient (Wildman–Crippen LogP) is 4.20. The van der Waals surface area contributed by atoms with E-state index in [2.05, 4.69) is 6.07 Å². The van der Waals surface area contributed by atoms with Crippen LogP contribution in [0.15, 0.2) is 42.5 Å². The quantitative estimate of drug-likeness (QED) is 0.784. The van der Waals surface area contributed by atoms with Crippen molar-refractivity contribution in [2.75, 3.05) is 11.9 Å². The fraction of sp³-hybridized carbons (Fsp3) is 0.133. The van der Waals surface area contributed by atoms with Crippen LogP contribution < -0.4 is 4.90 Å². The molecule has 0 heterocycles. The number of rotatable bonds is 3. The fourth-order valence-electron chi connectivity index (χ4n) is 1.98. The van der Waals surface area contributed by atoms with Crippen molar-refractivity contribution in [1.29, 1.82) is 5.26 Å². The van der Waals surface area contributed by atoms with Gasteiger partial charge in [0.2, 0.25) is 0 Å². The Labute approximate surface area is 116 Å². The van der Waals surface area contributed by atoms with E-state index in [-0.39, 0.29) is 11.7 Å². The summed E-state index contributed by atoms with van der Waals surface area (Å²) in [5, 5.41) is 9.12. The van der Waals surface area contributed by atoms with E-state index in [0.717, 1.165) is 11.4 Å². The molecule has 0 amide bonds. The highest BCUT2D eigenvalue weighted by atomic mass is 35.5. The molecule has 0 radical (unpaired) electrons. The van der Waals surface area contributed by atoms with Crippen LogP contribution >= 0.6 is 11.6 Å². The number of nitriles is 1. The second-order valence-corrected chi connectivity index (χ2v) is 4.36. The maximum atomic E-state index is 13.2. The molecule has 19 heavy (non-hydrogen) atoms. The molecular formula is C15H12ClFN2. The first-order chi connectivity index (χ1) is 9.17. The third-order valence-corrected chi connectivity index (χ3v) is 3.22. The molecule has 0 aromatic heterocycles. The molecule has 96 valence electrons. The van der Waals surface area contributed by atoms with E-state index < -0.39 is 0 Å². The molecule has 2 aromatic rings. The summed E-state index contributed by atoms with van der Waals surface area (Å²) in [6.45, 7) is 0. The Morgan fingerprint density at radius 2 is 1.95 bits per heavy atom. The second kappa shape index (κ2) is 5.73. The molecule has 2 rings (SSSR count). The van der Waals surface area contributed by atoms with E-state index in [1.807, 2.05) is 30.1 Å². The first-order valence-corrected chi connectivity index (χ1v) is 6.28. The van der Waals surface area contributed by atoms with Crippen LogP contribution in [-0.2, 0) is 5.88 Å².